The Labute approximate surface area is 157 Å². The second-order valence-corrected chi connectivity index (χ2v) is 8.38. The first-order chi connectivity index (χ1) is 11.8. The van der Waals surface area contributed by atoms with E-state index in [0.717, 1.165) is 4.47 Å². The number of sulfonamides is 1. The van der Waals surface area contributed by atoms with Crippen molar-refractivity contribution in [1.29, 1.82) is 0 Å². The van der Waals surface area contributed by atoms with Gasteiger partial charge in [-0.3, -0.25) is 4.79 Å². The molecule has 0 atom stereocenters. The molecule has 0 spiro atoms. The lowest BCUT2D eigenvalue weighted by Crippen LogP contribution is -2.30. The number of carbonyl (C=O) groups excluding carboxylic acids is 1. The molecule has 7 heteroatoms. The molecule has 2 rings (SSSR count). The van der Waals surface area contributed by atoms with Crippen molar-refractivity contribution in [1.82, 2.24) is 4.31 Å². The lowest BCUT2D eigenvalue weighted by Gasteiger charge is -2.19. The second-order valence-electron chi connectivity index (χ2n) is 5.53. The Morgan fingerprint density at radius 2 is 1.80 bits per heavy atom. The Kier molecular flexibility index (Phi) is 6.37. The Morgan fingerprint density at radius 1 is 1.12 bits per heavy atom. The molecule has 0 radical (unpaired) electrons. The highest BCUT2D eigenvalue weighted by atomic mass is 79.9. The van der Waals surface area contributed by atoms with Crippen LogP contribution in [0.5, 0.6) is 0 Å². The normalized spacial score (nSPS) is 11.6. The van der Waals surface area contributed by atoms with Crippen LogP contribution < -0.4 is 5.32 Å². The number of hydrogen-bond donors (Lipinski definition) is 1. The van der Waals surface area contributed by atoms with Crippen molar-refractivity contribution < 1.29 is 13.2 Å². The van der Waals surface area contributed by atoms with E-state index in [4.69, 9.17) is 0 Å². The van der Waals surface area contributed by atoms with Gasteiger partial charge in [-0.1, -0.05) is 41.9 Å². The number of benzene rings is 2. The molecule has 1 N–H and O–H groups in total. The van der Waals surface area contributed by atoms with E-state index in [1.165, 1.54) is 10.4 Å². The number of carbonyl (C=O) groups is 1. The molecule has 0 bridgehead atoms. The molecule has 25 heavy (non-hydrogen) atoms. The van der Waals surface area contributed by atoms with E-state index in [1.54, 1.807) is 45.0 Å². The number of nitrogens with one attached hydrogen (secondary N) is 1. The van der Waals surface area contributed by atoms with E-state index < -0.39 is 10.0 Å². The maximum Gasteiger partial charge on any atom is 0.255 e. The topological polar surface area (TPSA) is 66.5 Å². The number of rotatable bonds is 6. The van der Waals surface area contributed by atoms with E-state index >= 15 is 0 Å². The van der Waals surface area contributed by atoms with Crippen molar-refractivity contribution in [3.63, 3.8) is 0 Å². The fourth-order valence-electron chi connectivity index (χ4n) is 2.48. The summed E-state index contributed by atoms with van der Waals surface area (Å²) in [7, 11) is -3.61. The lowest BCUT2D eigenvalue weighted by molar-refractivity contribution is 0.102. The highest BCUT2D eigenvalue weighted by Gasteiger charge is 2.23. The molecule has 1 amide bonds. The standard InChI is InChI=1S/C18H21BrN2O3S/c1-4-21(5-2)25(23,24)16-10-9-13(3)17(12-16)18(22)20-15-8-6-7-14(19)11-15/h6-12H,4-5H2,1-3H3,(H,20,22). The van der Waals surface area contributed by atoms with Crippen LogP contribution in [0.15, 0.2) is 51.8 Å². The van der Waals surface area contributed by atoms with Crippen LogP contribution in [0.1, 0.15) is 29.8 Å². The molecule has 0 aliphatic heterocycles. The summed E-state index contributed by atoms with van der Waals surface area (Å²) in [6, 6.07) is 11.9. The van der Waals surface area contributed by atoms with E-state index in [2.05, 4.69) is 21.2 Å². The average molecular weight is 425 g/mol. The molecule has 0 unspecified atom stereocenters. The summed E-state index contributed by atoms with van der Waals surface area (Å²) in [5, 5.41) is 2.80. The van der Waals surface area contributed by atoms with Crippen molar-refractivity contribution in [2.24, 2.45) is 0 Å². The van der Waals surface area contributed by atoms with E-state index in [9.17, 15) is 13.2 Å². The highest BCUT2D eigenvalue weighted by Crippen LogP contribution is 2.21. The Bertz CT molecular complexity index is 878. The molecule has 0 heterocycles. The maximum absolute atomic E-state index is 12.7. The number of halogens is 1. The third-order valence-electron chi connectivity index (χ3n) is 3.88. The molecule has 0 saturated heterocycles. The molecule has 2 aromatic rings. The molecule has 0 aliphatic rings. The zero-order valence-corrected chi connectivity index (χ0v) is 16.8. The fraction of sp³-hybridized carbons (Fsp3) is 0.278. The molecule has 2 aromatic carbocycles. The van der Waals surface area contributed by atoms with Gasteiger partial charge < -0.3 is 5.32 Å². The predicted molar refractivity (Wildman–Crippen MR) is 103 cm³/mol. The maximum atomic E-state index is 12.7. The summed E-state index contributed by atoms with van der Waals surface area (Å²) >= 11 is 3.36. The van der Waals surface area contributed by atoms with Crippen LogP contribution in [0.25, 0.3) is 0 Å². The van der Waals surface area contributed by atoms with Gasteiger partial charge >= 0.3 is 0 Å². The average Bonchev–Trinajstić information content (AvgIpc) is 2.55. The second kappa shape index (κ2) is 8.12. The molecule has 0 aliphatic carbocycles. The Balaban J connectivity index is 2.37. The molecule has 0 aromatic heterocycles. The monoisotopic (exact) mass is 424 g/mol. The molecular formula is C18H21BrN2O3S. The largest absolute Gasteiger partial charge is 0.322 e. The predicted octanol–water partition coefficient (Wildman–Crippen LogP) is 4.04. The summed E-state index contributed by atoms with van der Waals surface area (Å²) in [5.41, 5.74) is 1.69. The first kappa shape index (κ1) is 19.6. The molecule has 0 fully saturated rings. The summed E-state index contributed by atoms with van der Waals surface area (Å²) < 4.78 is 27.6. The minimum absolute atomic E-state index is 0.126. The molecule has 134 valence electrons. The third-order valence-corrected chi connectivity index (χ3v) is 6.42. The van der Waals surface area contributed by atoms with Crippen LogP contribution in [0.3, 0.4) is 0 Å². The number of hydrogen-bond acceptors (Lipinski definition) is 3. The van der Waals surface area contributed by atoms with Gasteiger partial charge in [0.1, 0.15) is 0 Å². The number of nitrogens with zero attached hydrogens (tertiary/aromatic N) is 1. The summed E-state index contributed by atoms with van der Waals surface area (Å²) in [6.07, 6.45) is 0. The first-order valence-electron chi connectivity index (χ1n) is 7.97. The van der Waals surface area contributed by atoms with Crippen LogP contribution in [-0.2, 0) is 10.0 Å². The van der Waals surface area contributed by atoms with E-state index in [1.807, 2.05) is 12.1 Å². The zero-order chi connectivity index (χ0) is 18.6. The van der Waals surface area contributed by atoms with Crippen LogP contribution in [-0.4, -0.2) is 31.7 Å². The van der Waals surface area contributed by atoms with Crippen LogP contribution in [0.2, 0.25) is 0 Å². The van der Waals surface area contributed by atoms with Crippen LogP contribution in [0.4, 0.5) is 5.69 Å². The fourth-order valence-corrected chi connectivity index (χ4v) is 4.37. The number of amides is 1. The van der Waals surface area contributed by atoms with Crippen LogP contribution >= 0.6 is 15.9 Å². The van der Waals surface area contributed by atoms with Gasteiger partial charge in [-0.2, -0.15) is 4.31 Å². The number of anilines is 1. The minimum atomic E-state index is -3.61. The Hall–Kier alpha value is -1.70. The Morgan fingerprint density at radius 3 is 2.40 bits per heavy atom. The van der Waals surface area contributed by atoms with Gasteiger partial charge in [0, 0.05) is 28.8 Å². The van der Waals surface area contributed by atoms with Crippen molar-refractivity contribution in [2.45, 2.75) is 25.7 Å². The van der Waals surface area contributed by atoms with E-state index in [-0.39, 0.29) is 10.8 Å². The summed E-state index contributed by atoms with van der Waals surface area (Å²) in [5.74, 6) is -0.341. The quantitative estimate of drug-likeness (QED) is 0.760. The van der Waals surface area contributed by atoms with Gasteiger partial charge in [-0.15, -0.1) is 0 Å². The molecule has 0 saturated carbocycles. The van der Waals surface area contributed by atoms with Crippen LogP contribution in [0, 0.1) is 6.92 Å². The van der Waals surface area contributed by atoms with Crippen molar-refractivity contribution in [3.8, 4) is 0 Å². The third kappa shape index (κ3) is 4.48. The lowest BCUT2D eigenvalue weighted by atomic mass is 10.1. The van der Waals surface area contributed by atoms with Crippen molar-refractivity contribution in [2.75, 3.05) is 18.4 Å². The van der Waals surface area contributed by atoms with Gasteiger partial charge in [-0.05, 0) is 42.8 Å². The minimum Gasteiger partial charge on any atom is -0.322 e. The van der Waals surface area contributed by atoms with Gasteiger partial charge in [0.15, 0.2) is 0 Å². The summed E-state index contributed by atoms with van der Waals surface area (Å²) in [6.45, 7) is 6.12. The summed E-state index contributed by atoms with van der Waals surface area (Å²) in [4.78, 5) is 12.7. The van der Waals surface area contributed by atoms with Crippen molar-refractivity contribution in [3.05, 3.63) is 58.1 Å². The van der Waals surface area contributed by atoms with Crippen molar-refractivity contribution >= 4 is 37.5 Å². The molecule has 5 nitrogen and oxygen atoms in total. The van der Waals surface area contributed by atoms with Gasteiger partial charge in [0.2, 0.25) is 10.0 Å². The molecular weight excluding hydrogens is 404 g/mol. The first-order valence-corrected chi connectivity index (χ1v) is 10.2. The zero-order valence-electron chi connectivity index (χ0n) is 14.4. The SMILES string of the molecule is CCN(CC)S(=O)(=O)c1ccc(C)c(C(=O)Nc2cccc(Br)c2)c1. The van der Waals surface area contributed by atoms with Gasteiger partial charge in [0.25, 0.3) is 5.91 Å². The van der Waals surface area contributed by atoms with Gasteiger partial charge in [0.05, 0.1) is 4.90 Å². The van der Waals surface area contributed by atoms with Gasteiger partial charge in [-0.25, -0.2) is 8.42 Å². The van der Waals surface area contributed by atoms with E-state index in [0.29, 0.717) is 29.9 Å². The highest BCUT2D eigenvalue weighted by molar-refractivity contribution is 9.10. The number of aryl methyl sites for hydroxylation is 1. The smallest absolute Gasteiger partial charge is 0.255 e.